The van der Waals surface area contributed by atoms with Gasteiger partial charge in [-0.3, -0.25) is 9.59 Å². The van der Waals surface area contributed by atoms with Gasteiger partial charge in [0.25, 0.3) is 0 Å². The molecule has 0 aromatic carbocycles. The quantitative estimate of drug-likeness (QED) is 0.744. The molecule has 2 aliphatic carbocycles. The van der Waals surface area contributed by atoms with Crippen molar-refractivity contribution in [1.29, 1.82) is 0 Å². The van der Waals surface area contributed by atoms with Gasteiger partial charge in [0.05, 0.1) is 25.0 Å². The summed E-state index contributed by atoms with van der Waals surface area (Å²) >= 11 is 0. The predicted octanol–water partition coefficient (Wildman–Crippen LogP) is 2.95. The van der Waals surface area contributed by atoms with Gasteiger partial charge >= 0.3 is 11.9 Å². The van der Waals surface area contributed by atoms with Gasteiger partial charge in [0.1, 0.15) is 0 Å². The van der Waals surface area contributed by atoms with E-state index >= 15 is 0 Å². The van der Waals surface area contributed by atoms with E-state index in [1.54, 1.807) is 0 Å². The summed E-state index contributed by atoms with van der Waals surface area (Å²) in [5.41, 5.74) is 0. The molecule has 2 fully saturated rings. The number of carbonyl (C=O) groups excluding carboxylic acids is 2. The minimum absolute atomic E-state index is 0.213. The molecule has 0 N–H and O–H groups in total. The maximum atomic E-state index is 12.2. The summed E-state index contributed by atoms with van der Waals surface area (Å²) in [7, 11) is 0. The Morgan fingerprint density at radius 3 is 1.60 bits per heavy atom. The van der Waals surface area contributed by atoms with E-state index in [0.29, 0.717) is 25.0 Å². The minimum Gasteiger partial charge on any atom is -0.466 e. The molecule has 4 nitrogen and oxygen atoms in total. The van der Waals surface area contributed by atoms with Crippen LogP contribution < -0.4 is 0 Å². The van der Waals surface area contributed by atoms with Crippen LogP contribution in [0, 0.1) is 23.7 Å². The van der Waals surface area contributed by atoms with E-state index in [0.717, 1.165) is 12.8 Å². The molecule has 0 amide bonds. The molecule has 2 saturated carbocycles. The summed E-state index contributed by atoms with van der Waals surface area (Å²) in [6.07, 6.45) is 6.48. The van der Waals surface area contributed by atoms with E-state index in [4.69, 9.17) is 9.47 Å². The van der Waals surface area contributed by atoms with Crippen LogP contribution in [0.3, 0.4) is 0 Å². The fourth-order valence-corrected chi connectivity index (χ4v) is 3.91. The van der Waals surface area contributed by atoms with E-state index in [9.17, 15) is 9.59 Å². The molecule has 0 aliphatic heterocycles. The molecule has 2 aliphatic rings. The Balaban J connectivity index is 2.10. The van der Waals surface area contributed by atoms with Crippen molar-refractivity contribution < 1.29 is 19.1 Å². The van der Waals surface area contributed by atoms with Gasteiger partial charge in [-0.15, -0.1) is 0 Å². The van der Waals surface area contributed by atoms with E-state index in [-0.39, 0.29) is 23.8 Å². The Hall–Kier alpha value is -1.06. The average Bonchev–Trinajstić information content (AvgIpc) is 2.46. The molecule has 4 atom stereocenters. The average molecular weight is 282 g/mol. The summed E-state index contributed by atoms with van der Waals surface area (Å²) in [4.78, 5) is 24.3. The van der Waals surface area contributed by atoms with Crippen molar-refractivity contribution in [3.8, 4) is 0 Å². The lowest BCUT2D eigenvalue weighted by molar-refractivity contribution is -0.165. The van der Waals surface area contributed by atoms with Gasteiger partial charge in [-0.1, -0.05) is 25.7 Å². The third-order valence-corrected chi connectivity index (χ3v) is 4.84. The fourth-order valence-electron chi connectivity index (χ4n) is 3.91. The van der Waals surface area contributed by atoms with E-state index < -0.39 is 0 Å². The maximum Gasteiger partial charge on any atom is 0.309 e. The van der Waals surface area contributed by atoms with Crippen molar-refractivity contribution in [3.05, 3.63) is 0 Å². The molecule has 4 heteroatoms. The Labute approximate surface area is 121 Å². The Kier molecular flexibility index (Phi) is 5.44. The molecule has 0 saturated heterocycles. The molecular weight excluding hydrogens is 256 g/mol. The van der Waals surface area contributed by atoms with Gasteiger partial charge in [-0.2, -0.15) is 0 Å². The highest BCUT2D eigenvalue weighted by Gasteiger charge is 2.45. The van der Waals surface area contributed by atoms with E-state index in [2.05, 4.69) is 0 Å². The van der Waals surface area contributed by atoms with Crippen LogP contribution in [0.4, 0.5) is 0 Å². The van der Waals surface area contributed by atoms with Gasteiger partial charge in [0.2, 0.25) is 0 Å². The zero-order chi connectivity index (χ0) is 14.5. The van der Waals surface area contributed by atoms with E-state index in [1.165, 1.54) is 25.7 Å². The summed E-state index contributed by atoms with van der Waals surface area (Å²) in [6, 6.07) is 0. The van der Waals surface area contributed by atoms with Crippen LogP contribution in [-0.2, 0) is 19.1 Å². The standard InChI is InChI=1S/C16H26O4/c1-3-19-15(17)13-9-11-7-5-6-8-12(11)10-14(13)16(18)20-4-2/h11-14H,3-10H2,1-2H3. The van der Waals surface area contributed by atoms with Crippen LogP contribution in [0.25, 0.3) is 0 Å². The number of hydrogen-bond donors (Lipinski definition) is 0. The van der Waals surface area contributed by atoms with Crippen LogP contribution in [0.1, 0.15) is 52.4 Å². The first-order chi connectivity index (χ1) is 9.67. The normalized spacial score (nSPS) is 33.1. The number of esters is 2. The van der Waals surface area contributed by atoms with Gasteiger partial charge in [0, 0.05) is 0 Å². The molecular formula is C16H26O4. The number of carbonyl (C=O) groups is 2. The summed E-state index contributed by atoms with van der Waals surface area (Å²) in [5.74, 6) is 0.151. The van der Waals surface area contributed by atoms with Gasteiger partial charge in [0.15, 0.2) is 0 Å². The Morgan fingerprint density at radius 1 is 0.850 bits per heavy atom. The second-order valence-corrected chi connectivity index (χ2v) is 5.99. The molecule has 20 heavy (non-hydrogen) atoms. The zero-order valence-electron chi connectivity index (χ0n) is 12.6. The lowest BCUT2D eigenvalue weighted by Gasteiger charge is -2.41. The van der Waals surface area contributed by atoms with Crippen LogP contribution in [0.15, 0.2) is 0 Å². The van der Waals surface area contributed by atoms with Gasteiger partial charge in [-0.25, -0.2) is 0 Å². The monoisotopic (exact) mass is 282 g/mol. The second kappa shape index (κ2) is 7.09. The van der Waals surface area contributed by atoms with Crippen LogP contribution >= 0.6 is 0 Å². The SMILES string of the molecule is CCOC(=O)C1CC2CCCCC2CC1C(=O)OCC. The van der Waals surface area contributed by atoms with Gasteiger partial charge < -0.3 is 9.47 Å². The molecule has 4 unspecified atom stereocenters. The highest BCUT2D eigenvalue weighted by molar-refractivity contribution is 5.82. The third kappa shape index (κ3) is 3.33. The molecule has 0 aromatic heterocycles. The smallest absolute Gasteiger partial charge is 0.309 e. The predicted molar refractivity (Wildman–Crippen MR) is 74.9 cm³/mol. The molecule has 2 rings (SSSR count). The van der Waals surface area contributed by atoms with Crippen molar-refractivity contribution in [2.45, 2.75) is 52.4 Å². The van der Waals surface area contributed by atoms with Crippen LogP contribution in [0.5, 0.6) is 0 Å². The zero-order valence-corrected chi connectivity index (χ0v) is 12.6. The summed E-state index contributed by atoms with van der Waals surface area (Å²) in [5, 5.41) is 0. The topological polar surface area (TPSA) is 52.6 Å². The lowest BCUT2D eigenvalue weighted by atomic mass is 9.63. The summed E-state index contributed by atoms with van der Waals surface area (Å²) in [6.45, 7) is 4.37. The molecule has 0 radical (unpaired) electrons. The highest BCUT2D eigenvalue weighted by atomic mass is 16.5. The largest absolute Gasteiger partial charge is 0.466 e. The van der Waals surface area contributed by atoms with Crippen molar-refractivity contribution in [3.63, 3.8) is 0 Å². The van der Waals surface area contributed by atoms with Crippen molar-refractivity contribution >= 4 is 11.9 Å². The molecule has 0 aromatic rings. The number of hydrogen-bond acceptors (Lipinski definition) is 4. The Morgan fingerprint density at radius 2 is 1.25 bits per heavy atom. The first kappa shape index (κ1) is 15.3. The molecule has 114 valence electrons. The second-order valence-electron chi connectivity index (χ2n) is 5.99. The van der Waals surface area contributed by atoms with Crippen LogP contribution in [-0.4, -0.2) is 25.2 Å². The first-order valence-corrected chi connectivity index (χ1v) is 8.00. The minimum atomic E-state index is -0.298. The molecule has 0 spiro atoms. The van der Waals surface area contributed by atoms with Crippen molar-refractivity contribution in [2.24, 2.45) is 23.7 Å². The third-order valence-electron chi connectivity index (χ3n) is 4.84. The van der Waals surface area contributed by atoms with Crippen LogP contribution in [0.2, 0.25) is 0 Å². The van der Waals surface area contributed by atoms with Gasteiger partial charge in [-0.05, 0) is 38.5 Å². The first-order valence-electron chi connectivity index (χ1n) is 8.00. The van der Waals surface area contributed by atoms with Crippen molar-refractivity contribution in [2.75, 3.05) is 13.2 Å². The maximum absolute atomic E-state index is 12.2. The number of rotatable bonds is 4. The highest BCUT2D eigenvalue weighted by Crippen LogP contribution is 2.46. The molecule has 0 heterocycles. The number of ether oxygens (including phenoxy) is 2. The molecule has 0 bridgehead atoms. The number of fused-ring (bicyclic) bond motifs is 1. The fraction of sp³-hybridized carbons (Fsp3) is 0.875. The Bertz CT molecular complexity index is 318. The van der Waals surface area contributed by atoms with Crippen molar-refractivity contribution in [1.82, 2.24) is 0 Å². The van der Waals surface area contributed by atoms with E-state index in [1.807, 2.05) is 13.8 Å². The lowest BCUT2D eigenvalue weighted by Crippen LogP contribution is -2.42. The summed E-state index contributed by atoms with van der Waals surface area (Å²) < 4.78 is 10.3.